The van der Waals surface area contributed by atoms with Crippen molar-refractivity contribution in [3.63, 3.8) is 0 Å². The fourth-order valence-electron chi connectivity index (χ4n) is 2.97. The molecule has 0 saturated heterocycles. The van der Waals surface area contributed by atoms with Gasteiger partial charge in [-0.15, -0.1) is 0 Å². The maximum absolute atomic E-state index is 14.0. The summed E-state index contributed by atoms with van der Waals surface area (Å²) in [6.45, 7) is 11.8. The minimum absolute atomic E-state index is 0.538. The quantitative estimate of drug-likeness (QED) is 0.437. The van der Waals surface area contributed by atoms with Crippen LogP contribution in [0, 0.1) is 41.5 Å². The SMILES string of the molecule is Cc1ccc(C)c(NP(=O)(Oc2cccc(C)c2C)Oc2cccc(C)c2C)c1. The summed E-state index contributed by atoms with van der Waals surface area (Å²) in [6.07, 6.45) is 0. The highest BCUT2D eigenvalue weighted by atomic mass is 31.2. The molecular formula is C24H28NO3P. The second kappa shape index (κ2) is 8.34. The highest BCUT2D eigenvalue weighted by molar-refractivity contribution is 7.56. The molecule has 4 nitrogen and oxygen atoms in total. The highest BCUT2D eigenvalue weighted by Crippen LogP contribution is 2.50. The molecule has 0 saturated carbocycles. The van der Waals surface area contributed by atoms with Gasteiger partial charge in [0, 0.05) is 5.69 Å². The Kier molecular flexibility index (Phi) is 6.04. The van der Waals surface area contributed by atoms with Crippen LogP contribution in [-0.2, 0) is 4.57 Å². The summed E-state index contributed by atoms with van der Waals surface area (Å²) in [6, 6.07) is 17.3. The van der Waals surface area contributed by atoms with Crippen LogP contribution in [0.2, 0.25) is 0 Å². The Morgan fingerprint density at radius 3 is 1.72 bits per heavy atom. The third-order valence-corrected chi connectivity index (χ3v) is 6.59. The molecule has 0 atom stereocenters. The molecule has 0 fully saturated rings. The fraction of sp³-hybridized carbons (Fsp3) is 0.250. The van der Waals surface area contributed by atoms with Gasteiger partial charge in [0.25, 0.3) is 0 Å². The molecule has 0 radical (unpaired) electrons. The molecule has 0 amide bonds. The van der Waals surface area contributed by atoms with Crippen molar-refractivity contribution in [2.24, 2.45) is 0 Å². The van der Waals surface area contributed by atoms with Crippen molar-refractivity contribution >= 4 is 13.4 Å². The fourth-order valence-corrected chi connectivity index (χ4v) is 4.55. The van der Waals surface area contributed by atoms with Gasteiger partial charge in [-0.3, -0.25) is 5.09 Å². The van der Waals surface area contributed by atoms with Gasteiger partial charge in [-0.05, 0) is 93.1 Å². The summed E-state index contributed by atoms with van der Waals surface area (Å²) in [4.78, 5) is 0. The van der Waals surface area contributed by atoms with Crippen LogP contribution in [0.5, 0.6) is 11.5 Å². The maximum atomic E-state index is 14.0. The molecule has 0 aliphatic carbocycles. The summed E-state index contributed by atoms with van der Waals surface area (Å²) >= 11 is 0. The first-order chi connectivity index (χ1) is 13.7. The standard InChI is InChI=1S/C24H28NO3P/c1-16-13-14-19(4)22(15-16)25-29(26,27-23-11-7-9-17(2)20(23)5)28-24-12-8-10-18(3)21(24)6/h7-15H,1-6H3,(H,25,26). The largest absolute Gasteiger partial charge is 0.541 e. The Bertz CT molecular complexity index is 1020. The summed E-state index contributed by atoms with van der Waals surface area (Å²) in [5.41, 5.74) is 6.73. The van der Waals surface area contributed by atoms with Gasteiger partial charge < -0.3 is 9.05 Å². The van der Waals surface area contributed by atoms with Crippen LogP contribution in [0.15, 0.2) is 54.6 Å². The molecule has 3 rings (SSSR count). The molecule has 5 heteroatoms. The molecule has 0 aliphatic rings. The number of aryl methyl sites for hydroxylation is 4. The maximum Gasteiger partial charge on any atom is 0.541 e. The molecule has 0 aromatic heterocycles. The third kappa shape index (κ3) is 4.83. The van der Waals surface area contributed by atoms with Crippen molar-refractivity contribution in [1.29, 1.82) is 0 Å². The zero-order valence-electron chi connectivity index (χ0n) is 17.9. The van der Waals surface area contributed by atoms with Crippen molar-refractivity contribution in [3.05, 3.63) is 88.0 Å². The van der Waals surface area contributed by atoms with E-state index in [1.54, 1.807) is 0 Å². The van der Waals surface area contributed by atoms with E-state index in [4.69, 9.17) is 9.05 Å². The minimum Gasteiger partial charge on any atom is -0.400 e. The van der Waals surface area contributed by atoms with E-state index in [0.717, 1.165) is 39.1 Å². The molecule has 0 heterocycles. The van der Waals surface area contributed by atoms with Crippen molar-refractivity contribution in [1.82, 2.24) is 0 Å². The molecule has 0 bridgehead atoms. The topological polar surface area (TPSA) is 47.6 Å². The van der Waals surface area contributed by atoms with Gasteiger partial charge in [-0.25, -0.2) is 4.57 Å². The predicted octanol–water partition coefficient (Wildman–Crippen LogP) is 7.22. The summed E-state index contributed by atoms with van der Waals surface area (Å²) in [5.74, 6) is 1.08. The van der Waals surface area contributed by atoms with E-state index in [1.807, 2.05) is 96.1 Å². The van der Waals surface area contributed by atoms with Gasteiger partial charge in [0.15, 0.2) is 0 Å². The van der Waals surface area contributed by atoms with Crippen molar-refractivity contribution in [3.8, 4) is 11.5 Å². The Labute approximate surface area is 173 Å². The van der Waals surface area contributed by atoms with Gasteiger partial charge >= 0.3 is 7.75 Å². The molecular weight excluding hydrogens is 381 g/mol. The van der Waals surface area contributed by atoms with Crippen LogP contribution in [0.1, 0.15) is 33.4 Å². The lowest BCUT2D eigenvalue weighted by molar-refractivity contribution is 0.390. The second-order valence-electron chi connectivity index (χ2n) is 7.51. The Hall–Kier alpha value is -2.71. The lowest BCUT2D eigenvalue weighted by Crippen LogP contribution is -2.12. The van der Waals surface area contributed by atoms with Gasteiger partial charge in [-0.2, -0.15) is 0 Å². The average Bonchev–Trinajstić information content (AvgIpc) is 2.66. The molecule has 0 unspecified atom stereocenters. The lowest BCUT2D eigenvalue weighted by atomic mass is 10.1. The first-order valence-corrected chi connectivity index (χ1v) is 11.2. The zero-order valence-corrected chi connectivity index (χ0v) is 18.8. The number of hydrogen-bond donors (Lipinski definition) is 1. The van der Waals surface area contributed by atoms with Gasteiger partial charge in [0.1, 0.15) is 11.5 Å². The zero-order chi connectivity index (χ0) is 21.2. The van der Waals surface area contributed by atoms with E-state index in [1.165, 1.54) is 0 Å². The first kappa shape index (κ1) is 21.0. The molecule has 1 N–H and O–H groups in total. The predicted molar refractivity (Wildman–Crippen MR) is 120 cm³/mol. The smallest absolute Gasteiger partial charge is 0.400 e. The number of hydrogen-bond acceptors (Lipinski definition) is 3. The Morgan fingerprint density at radius 1 is 0.690 bits per heavy atom. The highest BCUT2D eigenvalue weighted by Gasteiger charge is 2.31. The number of benzene rings is 3. The van der Waals surface area contributed by atoms with Crippen molar-refractivity contribution in [2.75, 3.05) is 5.09 Å². The second-order valence-corrected chi connectivity index (χ2v) is 9.09. The molecule has 0 aliphatic heterocycles. The Morgan fingerprint density at radius 2 is 1.21 bits per heavy atom. The summed E-state index contributed by atoms with van der Waals surface area (Å²) < 4.78 is 26.0. The van der Waals surface area contributed by atoms with E-state index in [2.05, 4.69) is 5.09 Å². The lowest BCUT2D eigenvalue weighted by Gasteiger charge is -2.24. The number of rotatable bonds is 6. The van der Waals surface area contributed by atoms with Crippen LogP contribution in [-0.4, -0.2) is 0 Å². The number of nitrogens with one attached hydrogen (secondary N) is 1. The van der Waals surface area contributed by atoms with E-state index in [0.29, 0.717) is 11.5 Å². The van der Waals surface area contributed by atoms with E-state index in [-0.39, 0.29) is 0 Å². The van der Waals surface area contributed by atoms with E-state index < -0.39 is 7.75 Å². The third-order valence-electron chi connectivity index (χ3n) is 5.20. The number of anilines is 1. The molecule has 3 aromatic rings. The van der Waals surface area contributed by atoms with E-state index in [9.17, 15) is 4.57 Å². The van der Waals surface area contributed by atoms with Crippen molar-refractivity contribution in [2.45, 2.75) is 41.5 Å². The molecule has 3 aromatic carbocycles. The van der Waals surface area contributed by atoms with Crippen molar-refractivity contribution < 1.29 is 13.6 Å². The molecule has 0 spiro atoms. The van der Waals surface area contributed by atoms with Gasteiger partial charge in [-0.1, -0.05) is 36.4 Å². The van der Waals surface area contributed by atoms with E-state index >= 15 is 0 Å². The van der Waals surface area contributed by atoms with Crippen LogP contribution in [0.3, 0.4) is 0 Å². The molecule has 152 valence electrons. The first-order valence-electron chi connectivity index (χ1n) is 9.66. The van der Waals surface area contributed by atoms with Crippen LogP contribution >= 0.6 is 7.75 Å². The van der Waals surface area contributed by atoms with Gasteiger partial charge in [0.2, 0.25) is 0 Å². The van der Waals surface area contributed by atoms with Crippen LogP contribution < -0.4 is 14.1 Å². The summed E-state index contributed by atoms with van der Waals surface area (Å²) in [7, 11) is -3.78. The minimum atomic E-state index is -3.78. The van der Waals surface area contributed by atoms with Gasteiger partial charge in [0.05, 0.1) is 0 Å². The van der Waals surface area contributed by atoms with Crippen LogP contribution in [0.25, 0.3) is 0 Å². The summed E-state index contributed by atoms with van der Waals surface area (Å²) in [5, 5.41) is 3.07. The monoisotopic (exact) mass is 409 g/mol. The normalized spacial score (nSPS) is 11.2. The Balaban J connectivity index is 2.04. The average molecular weight is 409 g/mol. The van der Waals surface area contributed by atoms with Crippen LogP contribution in [0.4, 0.5) is 5.69 Å². The molecule has 29 heavy (non-hydrogen) atoms.